The second-order valence-electron chi connectivity index (χ2n) is 5.12. The summed E-state index contributed by atoms with van der Waals surface area (Å²) in [5.74, 6) is 0.900. The third-order valence-electron chi connectivity index (χ3n) is 3.73. The Kier molecular flexibility index (Phi) is 5.83. The molecule has 0 aliphatic carbocycles. The molecule has 0 spiro atoms. The van der Waals surface area contributed by atoms with Gasteiger partial charge in [0.05, 0.1) is 7.11 Å². The van der Waals surface area contributed by atoms with E-state index in [1.165, 1.54) is 16.7 Å². The minimum Gasteiger partial charge on any atom is -0.497 e. The molecule has 21 heavy (non-hydrogen) atoms. The van der Waals surface area contributed by atoms with Crippen molar-refractivity contribution in [2.75, 3.05) is 13.7 Å². The van der Waals surface area contributed by atoms with Crippen molar-refractivity contribution in [3.8, 4) is 5.75 Å². The highest BCUT2D eigenvalue weighted by atomic mass is 79.9. The summed E-state index contributed by atoms with van der Waals surface area (Å²) in [6, 6.07) is 15.0. The molecule has 0 fully saturated rings. The first-order valence-electron chi connectivity index (χ1n) is 7.27. The molecule has 0 bridgehead atoms. The lowest BCUT2D eigenvalue weighted by atomic mass is 9.95. The lowest BCUT2D eigenvalue weighted by molar-refractivity contribution is 0.414. The van der Waals surface area contributed by atoms with Gasteiger partial charge in [0.15, 0.2) is 0 Å². The fourth-order valence-corrected chi connectivity index (χ4v) is 2.92. The summed E-state index contributed by atoms with van der Waals surface area (Å²) in [6.07, 6.45) is 0.967. The van der Waals surface area contributed by atoms with E-state index in [2.05, 4.69) is 65.4 Å². The van der Waals surface area contributed by atoms with Crippen LogP contribution in [0.2, 0.25) is 0 Å². The van der Waals surface area contributed by atoms with E-state index < -0.39 is 0 Å². The van der Waals surface area contributed by atoms with Crippen LogP contribution in [0.25, 0.3) is 0 Å². The van der Waals surface area contributed by atoms with E-state index >= 15 is 0 Å². The van der Waals surface area contributed by atoms with Crippen molar-refractivity contribution >= 4 is 15.9 Å². The molecule has 2 aromatic rings. The van der Waals surface area contributed by atoms with Gasteiger partial charge in [0.1, 0.15) is 5.75 Å². The van der Waals surface area contributed by atoms with Crippen LogP contribution in [-0.4, -0.2) is 13.7 Å². The Balaban J connectivity index is 2.24. The normalized spacial score (nSPS) is 12.2. The van der Waals surface area contributed by atoms with Gasteiger partial charge >= 0.3 is 0 Å². The third kappa shape index (κ3) is 4.08. The quantitative estimate of drug-likeness (QED) is 0.820. The fourth-order valence-electron chi connectivity index (χ4n) is 2.54. The summed E-state index contributed by atoms with van der Waals surface area (Å²) in [5.41, 5.74) is 3.96. The smallest absolute Gasteiger partial charge is 0.118 e. The molecule has 1 N–H and O–H groups in total. The van der Waals surface area contributed by atoms with E-state index in [-0.39, 0.29) is 0 Å². The number of halogens is 1. The van der Waals surface area contributed by atoms with E-state index in [0.717, 1.165) is 23.2 Å². The van der Waals surface area contributed by atoms with Crippen molar-refractivity contribution in [1.29, 1.82) is 0 Å². The Morgan fingerprint density at radius 1 is 1.14 bits per heavy atom. The van der Waals surface area contributed by atoms with Gasteiger partial charge in [-0.05, 0) is 54.8 Å². The number of methoxy groups -OCH3 is 1. The van der Waals surface area contributed by atoms with Crippen LogP contribution in [0.1, 0.15) is 29.7 Å². The Hall–Kier alpha value is -1.32. The number of ether oxygens (including phenoxy) is 1. The summed E-state index contributed by atoms with van der Waals surface area (Å²) in [5, 5.41) is 3.59. The van der Waals surface area contributed by atoms with Crippen LogP contribution in [0.4, 0.5) is 0 Å². The Morgan fingerprint density at radius 3 is 2.48 bits per heavy atom. The van der Waals surface area contributed by atoms with E-state index in [1.54, 1.807) is 7.11 Å². The van der Waals surface area contributed by atoms with Gasteiger partial charge in [-0.15, -0.1) is 0 Å². The first kappa shape index (κ1) is 16.1. The zero-order valence-corrected chi connectivity index (χ0v) is 14.4. The summed E-state index contributed by atoms with van der Waals surface area (Å²) in [6.45, 7) is 5.26. The third-order valence-corrected chi connectivity index (χ3v) is 4.59. The highest BCUT2D eigenvalue weighted by Gasteiger charge is 2.14. The van der Waals surface area contributed by atoms with Crippen molar-refractivity contribution in [1.82, 2.24) is 5.32 Å². The van der Waals surface area contributed by atoms with Crippen LogP contribution in [0.15, 0.2) is 46.9 Å². The molecule has 112 valence electrons. The molecule has 0 amide bonds. The maximum absolute atomic E-state index is 5.22. The summed E-state index contributed by atoms with van der Waals surface area (Å²) < 4.78 is 6.38. The zero-order chi connectivity index (χ0) is 15.2. The SMILES string of the molecule is CCNC(Cc1ccc(OC)cc1)c1cccc(Br)c1C. The van der Waals surface area contributed by atoms with E-state index in [9.17, 15) is 0 Å². The van der Waals surface area contributed by atoms with Crippen LogP contribution in [0, 0.1) is 6.92 Å². The van der Waals surface area contributed by atoms with Gasteiger partial charge in [-0.1, -0.05) is 47.1 Å². The lowest BCUT2D eigenvalue weighted by Gasteiger charge is -2.21. The molecule has 1 unspecified atom stereocenters. The monoisotopic (exact) mass is 347 g/mol. The number of hydrogen-bond donors (Lipinski definition) is 1. The minimum absolute atomic E-state index is 0.320. The molecule has 2 rings (SSSR count). The van der Waals surface area contributed by atoms with Crippen LogP contribution in [0.5, 0.6) is 5.75 Å². The average molecular weight is 348 g/mol. The van der Waals surface area contributed by atoms with E-state index in [0.29, 0.717) is 6.04 Å². The predicted octanol–water partition coefficient (Wildman–Crippen LogP) is 4.66. The topological polar surface area (TPSA) is 21.3 Å². The van der Waals surface area contributed by atoms with Crippen molar-refractivity contribution < 1.29 is 4.74 Å². The number of hydrogen-bond acceptors (Lipinski definition) is 2. The van der Waals surface area contributed by atoms with Crippen LogP contribution in [-0.2, 0) is 6.42 Å². The summed E-state index contributed by atoms with van der Waals surface area (Å²) in [4.78, 5) is 0. The van der Waals surface area contributed by atoms with Gasteiger partial charge in [-0.25, -0.2) is 0 Å². The van der Waals surface area contributed by atoms with Crippen LogP contribution < -0.4 is 10.1 Å². The number of likely N-dealkylation sites (N-methyl/N-ethyl adjacent to an activating group) is 1. The molecule has 2 nitrogen and oxygen atoms in total. The molecule has 1 atom stereocenters. The average Bonchev–Trinajstić information content (AvgIpc) is 2.50. The maximum Gasteiger partial charge on any atom is 0.118 e. The largest absolute Gasteiger partial charge is 0.497 e. The fraction of sp³-hybridized carbons (Fsp3) is 0.333. The molecule has 0 aromatic heterocycles. The van der Waals surface area contributed by atoms with Crippen LogP contribution >= 0.6 is 15.9 Å². The summed E-state index contributed by atoms with van der Waals surface area (Å²) in [7, 11) is 1.70. The molecule has 0 aliphatic heterocycles. The van der Waals surface area contributed by atoms with Gasteiger partial charge in [0.25, 0.3) is 0 Å². The standard InChI is InChI=1S/C18H22BrNO/c1-4-20-18(16-6-5-7-17(19)13(16)2)12-14-8-10-15(21-3)11-9-14/h5-11,18,20H,4,12H2,1-3H3. The number of rotatable bonds is 6. The summed E-state index contributed by atoms with van der Waals surface area (Å²) >= 11 is 3.63. The Bertz CT molecular complexity index is 580. The second kappa shape index (κ2) is 7.62. The molecular formula is C18H22BrNO. The molecule has 2 aromatic carbocycles. The molecule has 0 aliphatic rings. The van der Waals surface area contributed by atoms with E-state index in [1.807, 2.05) is 12.1 Å². The zero-order valence-electron chi connectivity index (χ0n) is 12.8. The highest BCUT2D eigenvalue weighted by molar-refractivity contribution is 9.10. The first-order chi connectivity index (χ1) is 10.2. The van der Waals surface area contributed by atoms with Gasteiger partial charge in [-0.3, -0.25) is 0 Å². The number of nitrogens with one attached hydrogen (secondary N) is 1. The van der Waals surface area contributed by atoms with Crippen molar-refractivity contribution in [3.63, 3.8) is 0 Å². The second-order valence-corrected chi connectivity index (χ2v) is 5.97. The van der Waals surface area contributed by atoms with Gasteiger partial charge in [0, 0.05) is 10.5 Å². The van der Waals surface area contributed by atoms with E-state index in [4.69, 9.17) is 4.74 Å². The first-order valence-corrected chi connectivity index (χ1v) is 8.06. The van der Waals surface area contributed by atoms with Gasteiger partial charge in [-0.2, -0.15) is 0 Å². The molecule has 0 saturated heterocycles. The number of benzene rings is 2. The Labute approximate surface area is 135 Å². The Morgan fingerprint density at radius 2 is 1.86 bits per heavy atom. The predicted molar refractivity (Wildman–Crippen MR) is 92.0 cm³/mol. The van der Waals surface area contributed by atoms with Gasteiger partial charge < -0.3 is 10.1 Å². The van der Waals surface area contributed by atoms with Crippen molar-refractivity contribution in [2.45, 2.75) is 26.3 Å². The van der Waals surface area contributed by atoms with Crippen molar-refractivity contribution in [3.05, 3.63) is 63.6 Å². The molecule has 3 heteroatoms. The molecule has 0 saturated carbocycles. The molecule has 0 radical (unpaired) electrons. The maximum atomic E-state index is 5.22. The highest BCUT2D eigenvalue weighted by Crippen LogP contribution is 2.27. The molecule has 0 heterocycles. The van der Waals surface area contributed by atoms with Crippen LogP contribution in [0.3, 0.4) is 0 Å². The minimum atomic E-state index is 0.320. The lowest BCUT2D eigenvalue weighted by Crippen LogP contribution is -2.23. The van der Waals surface area contributed by atoms with Crippen molar-refractivity contribution in [2.24, 2.45) is 0 Å². The molecular weight excluding hydrogens is 326 g/mol. The van der Waals surface area contributed by atoms with Gasteiger partial charge in [0.2, 0.25) is 0 Å².